The number of aliphatic imine (C=N–C) groups is 1. The molecular formula is C12H18N2. The molecule has 0 radical (unpaired) electrons. The van der Waals surface area contributed by atoms with Crippen LogP contribution in [0.2, 0.25) is 0 Å². The third kappa shape index (κ3) is 2.13. The molecule has 0 amide bonds. The SMILES string of the molecule is C=c1ccn(CCC)/c1=C(C)/N=C\C. The first-order chi connectivity index (χ1) is 6.70. The Balaban J connectivity index is 3.37. The lowest BCUT2D eigenvalue weighted by atomic mass is 10.4. The minimum atomic E-state index is 1.03. The van der Waals surface area contributed by atoms with Gasteiger partial charge in [-0.3, -0.25) is 4.99 Å². The van der Waals surface area contributed by atoms with Gasteiger partial charge in [-0.25, -0.2) is 0 Å². The first kappa shape index (κ1) is 10.8. The Bertz CT molecular complexity index is 424. The molecule has 14 heavy (non-hydrogen) atoms. The van der Waals surface area contributed by atoms with Gasteiger partial charge in [-0.1, -0.05) is 13.5 Å². The number of aryl methyl sites for hydroxylation is 1. The predicted octanol–water partition coefficient (Wildman–Crippen LogP) is 1.53. The normalized spacial score (nSPS) is 13.6. The lowest BCUT2D eigenvalue weighted by molar-refractivity contribution is 0.663. The van der Waals surface area contributed by atoms with Crippen molar-refractivity contribution >= 4 is 18.5 Å². The van der Waals surface area contributed by atoms with Crippen LogP contribution in [0.4, 0.5) is 0 Å². The van der Waals surface area contributed by atoms with Crippen molar-refractivity contribution < 1.29 is 0 Å². The Morgan fingerprint density at radius 3 is 2.93 bits per heavy atom. The average Bonchev–Trinajstić information content (AvgIpc) is 2.48. The van der Waals surface area contributed by atoms with Gasteiger partial charge in [0.15, 0.2) is 0 Å². The Morgan fingerprint density at radius 1 is 1.64 bits per heavy atom. The van der Waals surface area contributed by atoms with E-state index in [2.05, 4.69) is 29.3 Å². The van der Waals surface area contributed by atoms with Gasteiger partial charge in [0.05, 0.1) is 11.0 Å². The van der Waals surface area contributed by atoms with Gasteiger partial charge in [-0.15, -0.1) is 0 Å². The van der Waals surface area contributed by atoms with E-state index in [0.29, 0.717) is 0 Å². The molecule has 0 spiro atoms. The van der Waals surface area contributed by atoms with Gasteiger partial charge < -0.3 is 4.57 Å². The van der Waals surface area contributed by atoms with E-state index in [0.717, 1.165) is 29.2 Å². The van der Waals surface area contributed by atoms with Crippen molar-refractivity contribution in [1.29, 1.82) is 0 Å². The van der Waals surface area contributed by atoms with E-state index in [4.69, 9.17) is 0 Å². The summed E-state index contributed by atoms with van der Waals surface area (Å²) in [5.74, 6) is 0. The molecule has 0 N–H and O–H groups in total. The zero-order chi connectivity index (χ0) is 10.6. The molecule has 0 aromatic carbocycles. The Hall–Kier alpha value is -1.31. The number of nitrogens with zero attached hydrogens (tertiary/aromatic N) is 2. The fourth-order valence-electron chi connectivity index (χ4n) is 1.64. The first-order valence-electron chi connectivity index (χ1n) is 5.04. The molecular weight excluding hydrogens is 172 g/mol. The van der Waals surface area contributed by atoms with Crippen molar-refractivity contribution in [2.75, 3.05) is 0 Å². The molecule has 0 unspecified atom stereocenters. The van der Waals surface area contributed by atoms with Crippen LogP contribution >= 0.6 is 0 Å². The minimum Gasteiger partial charge on any atom is -0.346 e. The molecule has 0 bridgehead atoms. The summed E-state index contributed by atoms with van der Waals surface area (Å²) in [6.45, 7) is 11.2. The molecule has 2 nitrogen and oxygen atoms in total. The maximum Gasteiger partial charge on any atom is 0.0689 e. The molecule has 2 heteroatoms. The summed E-state index contributed by atoms with van der Waals surface area (Å²) in [6, 6.07) is 2.04. The van der Waals surface area contributed by atoms with Crippen molar-refractivity contribution in [2.45, 2.75) is 33.7 Å². The average molecular weight is 190 g/mol. The van der Waals surface area contributed by atoms with Crippen molar-refractivity contribution in [2.24, 2.45) is 4.99 Å². The van der Waals surface area contributed by atoms with Crippen molar-refractivity contribution in [3.05, 3.63) is 22.8 Å². The third-order valence-electron chi connectivity index (χ3n) is 2.18. The standard InChI is InChI=1S/C12H18N2/c1-5-8-14-9-7-10(3)12(14)11(4)13-6-2/h6-7,9H,3,5,8H2,1-2,4H3/b12-11+,13-6-. The van der Waals surface area contributed by atoms with Crippen LogP contribution in [0.25, 0.3) is 12.3 Å². The molecule has 76 valence electrons. The molecule has 0 fully saturated rings. The lowest BCUT2D eigenvalue weighted by Crippen LogP contribution is -2.29. The number of hydrogen-bond acceptors (Lipinski definition) is 1. The summed E-state index contributed by atoms with van der Waals surface area (Å²) in [5.41, 5.74) is 1.04. The Morgan fingerprint density at radius 2 is 2.36 bits per heavy atom. The summed E-state index contributed by atoms with van der Waals surface area (Å²) in [7, 11) is 0. The highest BCUT2D eigenvalue weighted by Gasteiger charge is 1.96. The second-order valence-electron chi connectivity index (χ2n) is 3.36. The van der Waals surface area contributed by atoms with Gasteiger partial charge >= 0.3 is 0 Å². The van der Waals surface area contributed by atoms with E-state index < -0.39 is 0 Å². The van der Waals surface area contributed by atoms with E-state index in [1.165, 1.54) is 0 Å². The summed E-state index contributed by atoms with van der Waals surface area (Å²) < 4.78 is 2.21. The highest BCUT2D eigenvalue weighted by atomic mass is 15.0. The van der Waals surface area contributed by atoms with Crippen LogP contribution in [0.3, 0.4) is 0 Å². The first-order valence-corrected chi connectivity index (χ1v) is 5.04. The Kier molecular flexibility index (Phi) is 3.69. The maximum atomic E-state index is 4.30. The van der Waals surface area contributed by atoms with Gasteiger partial charge in [-0.2, -0.15) is 0 Å². The molecule has 0 aliphatic rings. The molecule has 0 atom stereocenters. The van der Waals surface area contributed by atoms with E-state index >= 15 is 0 Å². The van der Waals surface area contributed by atoms with Crippen molar-refractivity contribution in [3.8, 4) is 0 Å². The molecule has 1 aromatic rings. The van der Waals surface area contributed by atoms with E-state index in [1.54, 1.807) is 0 Å². The third-order valence-corrected chi connectivity index (χ3v) is 2.18. The van der Waals surface area contributed by atoms with Gasteiger partial charge in [0.25, 0.3) is 0 Å². The van der Waals surface area contributed by atoms with Gasteiger partial charge in [-0.05, 0) is 31.6 Å². The van der Waals surface area contributed by atoms with Gasteiger partial charge in [0, 0.05) is 19.0 Å². The van der Waals surface area contributed by atoms with E-state index in [-0.39, 0.29) is 0 Å². The van der Waals surface area contributed by atoms with Crippen molar-refractivity contribution in [3.63, 3.8) is 0 Å². The number of hydrogen-bond donors (Lipinski definition) is 0. The van der Waals surface area contributed by atoms with Crippen LogP contribution in [0.5, 0.6) is 0 Å². The summed E-state index contributed by atoms with van der Waals surface area (Å²) in [6.07, 6.45) is 5.03. The van der Waals surface area contributed by atoms with Gasteiger partial charge in [0.1, 0.15) is 0 Å². The number of aromatic nitrogens is 1. The topological polar surface area (TPSA) is 17.3 Å². The van der Waals surface area contributed by atoms with Crippen molar-refractivity contribution in [1.82, 2.24) is 4.57 Å². The second kappa shape index (κ2) is 4.80. The molecule has 0 saturated carbocycles. The fourth-order valence-corrected chi connectivity index (χ4v) is 1.64. The highest BCUT2D eigenvalue weighted by Crippen LogP contribution is 1.91. The molecule has 1 rings (SSSR count). The summed E-state index contributed by atoms with van der Waals surface area (Å²) in [4.78, 5) is 4.30. The summed E-state index contributed by atoms with van der Waals surface area (Å²) >= 11 is 0. The maximum absolute atomic E-state index is 4.30. The predicted molar refractivity (Wildman–Crippen MR) is 62.7 cm³/mol. The zero-order valence-corrected chi connectivity index (χ0v) is 9.25. The molecule has 1 aromatic heterocycles. The minimum absolute atomic E-state index is 1.03. The highest BCUT2D eigenvalue weighted by molar-refractivity contribution is 5.61. The summed E-state index contributed by atoms with van der Waals surface area (Å²) in [5, 5.41) is 2.21. The fraction of sp³-hybridized carbons (Fsp3) is 0.417. The monoisotopic (exact) mass is 190 g/mol. The van der Waals surface area contributed by atoms with Crippen LogP contribution in [-0.4, -0.2) is 10.8 Å². The zero-order valence-electron chi connectivity index (χ0n) is 9.25. The number of rotatable bonds is 3. The molecule has 1 heterocycles. The molecule has 0 aliphatic carbocycles. The molecule has 0 saturated heterocycles. The van der Waals surface area contributed by atoms with Crippen LogP contribution in [0.1, 0.15) is 27.2 Å². The van der Waals surface area contributed by atoms with E-state index in [9.17, 15) is 0 Å². The van der Waals surface area contributed by atoms with Crippen LogP contribution in [0, 0.1) is 0 Å². The van der Waals surface area contributed by atoms with Crippen LogP contribution < -0.4 is 10.6 Å². The van der Waals surface area contributed by atoms with E-state index in [1.807, 2.05) is 26.1 Å². The second-order valence-corrected chi connectivity index (χ2v) is 3.36. The Labute approximate surface area is 85.3 Å². The largest absolute Gasteiger partial charge is 0.346 e. The smallest absolute Gasteiger partial charge is 0.0689 e. The lowest BCUT2D eigenvalue weighted by Gasteiger charge is -2.01. The van der Waals surface area contributed by atoms with Crippen LogP contribution in [-0.2, 0) is 6.54 Å². The molecule has 0 aliphatic heterocycles. The quantitative estimate of drug-likeness (QED) is 0.643. The van der Waals surface area contributed by atoms with Crippen LogP contribution in [0.15, 0.2) is 17.3 Å². The van der Waals surface area contributed by atoms with Gasteiger partial charge in [0.2, 0.25) is 0 Å².